The average Bonchev–Trinajstić information content (AvgIpc) is 2.55. The van der Waals surface area contributed by atoms with Gasteiger partial charge in [0.2, 0.25) is 0 Å². The summed E-state index contributed by atoms with van der Waals surface area (Å²) < 4.78 is 0. The molecule has 1 heterocycles. The molecule has 2 aromatic carbocycles. The quantitative estimate of drug-likeness (QED) is 0.767. The maximum atomic E-state index is 4.29. The Morgan fingerprint density at radius 2 is 1.90 bits per heavy atom. The molecule has 0 amide bonds. The minimum atomic E-state index is 1.12. The van der Waals surface area contributed by atoms with E-state index < -0.39 is 0 Å². The maximum absolute atomic E-state index is 4.29. The molecule has 21 heavy (non-hydrogen) atoms. The fraction of sp³-hybridized carbons (Fsp3) is 0.300. The van der Waals surface area contributed by atoms with Gasteiger partial charge in [0.15, 0.2) is 0 Å². The van der Waals surface area contributed by atoms with Crippen LogP contribution in [0.1, 0.15) is 36.5 Å². The first kappa shape index (κ1) is 13.9. The molecule has 108 valence electrons. The molecule has 0 unspecified atom stereocenters. The molecule has 1 heteroatoms. The minimum Gasteiger partial charge on any atom is -0.371 e. The third kappa shape index (κ3) is 2.87. The number of anilines is 1. The minimum absolute atomic E-state index is 1.12. The van der Waals surface area contributed by atoms with E-state index in [4.69, 9.17) is 0 Å². The molecular weight excluding hydrogens is 254 g/mol. The lowest BCUT2D eigenvalue weighted by molar-refractivity contribution is 0.681. The first-order valence-electron chi connectivity index (χ1n) is 7.92. The molecule has 0 saturated heterocycles. The normalized spacial score (nSPS) is 13.9. The first-order chi connectivity index (χ1) is 10.3. The molecule has 1 aliphatic heterocycles. The first-order valence-corrected chi connectivity index (χ1v) is 7.92. The Morgan fingerprint density at radius 3 is 2.67 bits per heavy atom. The van der Waals surface area contributed by atoms with E-state index in [0.717, 1.165) is 12.1 Å². The Kier molecular flexibility index (Phi) is 4.10. The number of fused-ring (bicyclic) bond motifs is 1. The third-order valence-electron chi connectivity index (χ3n) is 4.26. The summed E-state index contributed by atoms with van der Waals surface area (Å²) in [5.74, 6) is 0. The van der Waals surface area contributed by atoms with Gasteiger partial charge in [-0.05, 0) is 53.7 Å². The third-order valence-corrected chi connectivity index (χ3v) is 4.26. The van der Waals surface area contributed by atoms with Crippen molar-refractivity contribution in [1.29, 1.82) is 0 Å². The number of nitrogens with zero attached hydrogens (tertiary/aromatic N) is 1. The zero-order valence-electron chi connectivity index (χ0n) is 12.8. The van der Waals surface area contributed by atoms with Crippen molar-refractivity contribution >= 4 is 11.3 Å². The van der Waals surface area contributed by atoms with E-state index in [1.807, 2.05) is 6.07 Å². The Hall–Kier alpha value is -2.02. The van der Waals surface area contributed by atoms with Gasteiger partial charge in [-0.1, -0.05) is 49.9 Å². The van der Waals surface area contributed by atoms with E-state index in [2.05, 4.69) is 60.9 Å². The number of aryl methyl sites for hydroxylation is 1. The molecule has 0 bridgehead atoms. The molecule has 0 atom stereocenters. The number of benzene rings is 2. The van der Waals surface area contributed by atoms with E-state index in [-0.39, 0.29) is 0 Å². The highest BCUT2D eigenvalue weighted by atomic mass is 15.1. The molecule has 0 aliphatic carbocycles. The van der Waals surface area contributed by atoms with E-state index in [0.29, 0.717) is 0 Å². The van der Waals surface area contributed by atoms with Gasteiger partial charge in [-0.15, -0.1) is 0 Å². The SMILES string of the molecule is C=C(c1ccccc1)c1ccc2c(c1)CCCN2CCC. The summed E-state index contributed by atoms with van der Waals surface area (Å²) in [7, 11) is 0. The average molecular weight is 277 g/mol. The lowest BCUT2D eigenvalue weighted by atomic mass is 9.94. The van der Waals surface area contributed by atoms with Crippen molar-refractivity contribution in [3.05, 3.63) is 71.8 Å². The van der Waals surface area contributed by atoms with Crippen LogP contribution in [0.15, 0.2) is 55.1 Å². The van der Waals surface area contributed by atoms with Gasteiger partial charge in [0, 0.05) is 18.8 Å². The van der Waals surface area contributed by atoms with E-state index in [1.54, 1.807) is 0 Å². The largest absolute Gasteiger partial charge is 0.371 e. The highest BCUT2D eigenvalue weighted by molar-refractivity contribution is 5.79. The topological polar surface area (TPSA) is 3.24 Å². The predicted octanol–water partition coefficient (Wildman–Crippen LogP) is 4.91. The van der Waals surface area contributed by atoms with E-state index in [1.165, 1.54) is 48.2 Å². The lowest BCUT2D eigenvalue weighted by Crippen LogP contribution is -2.29. The van der Waals surface area contributed by atoms with Crippen LogP contribution in [0.2, 0.25) is 0 Å². The lowest BCUT2D eigenvalue weighted by Gasteiger charge is -2.31. The Labute approximate surface area is 127 Å². The van der Waals surface area contributed by atoms with E-state index in [9.17, 15) is 0 Å². The monoisotopic (exact) mass is 277 g/mol. The van der Waals surface area contributed by atoms with Crippen molar-refractivity contribution in [2.24, 2.45) is 0 Å². The summed E-state index contributed by atoms with van der Waals surface area (Å²) in [6.07, 6.45) is 3.65. The molecule has 0 radical (unpaired) electrons. The molecule has 1 aliphatic rings. The highest BCUT2D eigenvalue weighted by Gasteiger charge is 2.16. The molecule has 0 spiro atoms. The second kappa shape index (κ2) is 6.17. The molecule has 0 saturated carbocycles. The fourth-order valence-electron chi connectivity index (χ4n) is 3.17. The summed E-state index contributed by atoms with van der Waals surface area (Å²) in [5.41, 5.74) is 6.47. The van der Waals surface area contributed by atoms with E-state index >= 15 is 0 Å². The van der Waals surface area contributed by atoms with Crippen molar-refractivity contribution < 1.29 is 0 Å². The van der Waals surface area contributed by atoms with Crippen LogP contribution in [0.5, 0.6) is 0 Å². The predicted molar refractivity (Wildman–Crippen MR) is 91.8 cm³/mol. The van der Waals surface area contributed by atoms with Crippen LogP contribution in [0.3, 0.4) is 0 Å². The van der Waals surface area contributed by atoms with Crippen LogP contribution in [0, 0.1) is 0 Å². The molecule has 1 nitrogen and oxygen atoms in total. The van der Waals surface area contributed by atoms with Gasteiger partial charge in [-0.2, -0.15) is 0 Å². The summed E-state index contributed by atoms with van der Waals surface area (Å²) in [6.45, 7) is 8.89. The molecule has 3 rings (SSSR count). The maximum Gasteiger partial charge on any atom is 0.0399 e. The molecule has 0 N–H and O–H groups in total. The summed E-state index contributed by atoms with van der Waals surface area (Å²) in [4.78, 5) is 2.52. The van der Waals surface area contributed by atoms with Crippen LogP contribution < -0.4 is 4.90 Å². The van der Waals surface area contributed by atoms with Crippen LogP contribution >= 0.6 is 0 Å². The Balaban J connectivity index is 1.91. The summed E-state index contributed by atoms with van der Waals surface area (Å²) in [6, 6.07) is 17.3. The summed E-state index contributed by atoms with van der Waals surface area (Å²) in [5, 5.41) is 0. The van der Waals surface area contributed by atoms with Gasteiger partial charge in [0.05, 0.1) is 0 Å². The van der Waals surface area contributed by atoms with Crippen molar-refractivity contribution in [2.75, 3.05) is 18.0 Å². The van der Waals surface area contributed by atoms with Gasteiger partial charge >= 0.3 is 0 Å². The molecule has 2 aromatic rings. The Morgan fingerprint density at radius 1 is 1.10 bits per heavy atom. The second-order valence-electron chi connectivity index (χ2n) is 5.78. The van der Waals surface area contributed by atoms with Gasteiger partial charge < -0.3 is 4.90 Å². The zero-order valence-corrected chi connectivity index (χ0v) is 12.8. The molecular formula is C20H23N. The second-order valence-corrected chi connectivity index (χ2v) is 5.78. The standard InChI is InChI=1S/C20H23N/c1-3-13-21-14-7-10-19-15-18(11-12-20(19)21)16(2)17-8-5-4-6-9-17/h4-6,8-9,11-12,15H,2-3,7,10,13-14H2,1H3. The van der Waals surface area contributed by atoms with Crippen LogP contribution in [0.4, 0.5) is 5.69 Å². The number of hydrogen-bond donors (Lipinski definition) is 0. The molecule has 0 fully saturated rings. The highest BCUT2D eigenvalue weighted by Crippen LogP contribution is 2.31. The smallest absolute Gasteiger partial charge is 0.0399 e. The van der Waals surface area contributed by atoms with Gasteiger partial charge in [0.1, 0.15) is 0 Å². The van der Waals surface area contributed by atoms with Crippen molar-refractivity contribution in [3.8, 4) is 0 Å². The van der Waals surface area contributed by atoms with Crippen LogP contribution in [0.25, 0.3) is 5.57 Å². The fourth-order valence-corrected chi connectivity index (χ4v) is 3.17. The van der Waals surface area contributed by atoms with Crippen molar-refractivity contribution in [3.63, 3.8) is 0 Å². The van der Waals surface area contributed by atoms with Crippen LogP contribution in [-0.4, -0.2) is 13.1 Å². The zero-order chi connectivity index (χ0) is 14.7. The number of rotatable bonds is 4. The van der Waals surface area contributed by atoms with Crippen LogP contribution in [-0.2, 0) is 6.42 Å². The number of hydrogen-bond acceptors (Lipinski definition) is 1. The Bertz CT molecular complexity index is 628. The van der Waals surface area contributed by atoms with Gasteiger partial charge in [0.25, 0.3) is 0 Å². The van der Waals surface area contributed by atoms with Crippen molar-refractivity contribution in [1.82, 2.24) is 0 Å². The van der Waals surface area contributed by atoms with Gasteiger partial charge in [-0.3, -0.25) is 0 Å². The van der Waals surface area contributed by atoms with Gasteiger partial charge in [-0.25, -0.2) is 0 Å². The van der Waals surface area contributed by atoms with Crippen molar-refractivity contribution in [2.45, 2.75) is 26.2 Å². The summed E-state index contributed by atoms with van der Waals surface area (Å²) >= 11 is 0. The molecule has 0 aromatic heterocycles.